The summed E-state index contributed by atoms with van der Waals surface area (Å²) in [6.45, 7) is 4.06. The van der Waals surface area contributed by atoms with E-state index in [1.807, 2.05) is 55.5 Å². The predicted molar refractivity (Wildman–Crippen MR) is 107 cm³/mol. The number of carbonyl (C=O) groups excluding carboxylic acids is 2. The van der Waals surface area contributed by atoms with Crippen LogP contribution >= 0.6 is 0 Å². The SMILES string of the molecule is CCc1ccc(NC(=O)c2cc(C(=O)Nc3ccc(C)cc3)ccn2)cc1. The van der Waals surface area contributed by atoms with Crippen LogP contribution in [0.15, 0.2) is 66.9 Å². The highest BCUT2D eigenvalue weighted by Gasteiger charge is 2.12. The lowest BCUT2D eigenvalue weighted by atomic mass is 10.1. The summed E-state index contributed by atoms with van der Waals surface area (Å²) < 4.78 is 0. The van der Waals surface area contributed by atoms with Crippen molar-refractivity contribution < 1.29 is 9.59 Å². The number of aromatic nitrogens is 1. The van der Waals surface area contributed by atoms with E-state index in [0.717, 1.165) is 12.0 Å². The van der Waals surface area contributed by atoms with Gasteiger partial charge in [-0.15, -0.1) is 0 Å². The summed E-state index contributed by atoms with van der Waals surface area (Å²) in [5.74, 6) is -0.646. The van der Waals surface area contributed by atoms with Crippen molar-refractivity contribution in [3.8, 4) is 0 Å². The first-order chi connectivity index (χ1) is 13.0. The van der Waals surface area contributed by atoms with Crippen molar-refractivity contribution in [3.05, 3.63) is 89.2 Å². The first kappa shape index (κ1) is 18.3. The van der Waals surface area contributed by atoms with Crippen LogP contribution in [0.1, 0.15) is 38.9 Å². The number of anilines is 2. The molecule has 0 spiro atoms. The highest BCUT2D eigenvalue weighted by Crippen LogP contribution is 2.13. The Kier molecular flexibility index (Phi) is 5.61. The van der Waals surface area contributed by atoms with E-state index in [9.17, 15) is 9.59 Å². The van der Waals surface area contributed by atoms with Crippen molar-refractivity contribution >= 4 is 23.2 Å². The number of nitrogens with zero attached hydrogens (tertiary/aromatic N) is 1. The number of hydrogen-bond donors (Lipinski definition) is 2. The summed E-state index contributed by atoms with van der Waals surface area (Å²) in [5, 5.41) is 5.61. The fourth-order valence-corrected chi connectivity index (χ4v) is 2.56. The number of hydrogen-bond acceptors (Lipinski definition) is 3. The van der Waals surface area contributed by atoms with Gasteiger partial charge in [-0.25, -0.2) is 0 Å². The highest BCUT2D eigenvalue weighted by atomic mass is 16.2. The summed E-state index contributed by atoms with van der Waals surface area (Å²) >= 11 is 0. The first-order valence-corrected chi connectivity index (χ1v) is 8.79. The molecule has 0 atom stereocenters. The van der Waals surface area contributed by atoms with Gasteiger partial charge in [0.1, 0.15) is 5.69 Å². The lowest BCUT2D eigenvalue weighted by molar-refractivity contribution is 0.102. The Balaban J connectivity index is 1.70. The molecular weight excluding hydrogens is 338 g/mol. The number of pyridine rings is 1. The van der Waals surface area contributed by atoms with E-state index >= 15 is 0 Å². The summed E-state index contributed by atoms with van der Waals surface area (Å²) in [5.41, 5.74) is 4.25. The van der Waals surface area contributed by atoms with Gasteiger partial charge in [-0.1, -0.05) is 36.8 Å². The number of nitrogens with one attached hydrogen (secondary N) is 2. The Hall–Kier alpha value is -3.47. The van der Waals surface area contributed by atoms with Crippen molar-refractivity contribution in [2.24, 2.45) is 0 Å². The van der Waals surface area contributed by atoms with E-state index in [1.165, 1.54) is 17.8 Å². The summed E-state index contributed by atoms with van der Waals surface area (Å²) in [4.78, 5) is 28.9. The van der Waals surface area contributed by atoms with Crippen LogP contribution in [0, 0.1) is 6.92 Å². The van der Waals surface area contributed by atoms with Crippen LogP contribution in [0.25, 0.3) is 0 Å². The van der Waals surface area contributed by atoms with Gasteiger partial charge in [0.05, 0.1) is 0 Å². The van der Waals surface area contributed by atoms with E-state index in [-0.39, 0.29) is 17.5 Å². The Morgan fingerprint density at radius 3 is 2.07 bits per heavy atom. The van der Waals surface area contributed by atoms with E-state index in [1.54, 1.807) is 6.07 Å². The molecule has 3 rings (SSSR count). The molecule has 2 aromatic carbocycles. The molecule has 2 N–H and O–H groups in total. The number of aryl methyl sites for hydroxylation is 2. The van der Waals surface area contributed by atoms with Gasteiger partial charge in [0.25, 0.3) is 11.8 Å². The van der Waals surface area contributed by atoms with E-state index < -0.39 is 0 Å². The minimum absolute atomic E-state index is 0.186. The minimum Gasteiger partial charge on any atom is -0.322 e. The van der Waals surface area contributed by atoms with Gasteiger partial charge < -0.3 is 10.6 Å². The third-order valence-electron chi connectivity index (χ3n) is 4.18. The molecule has 0 aliphatic rings. The second kappa shape index (κ2) is 8.27. The van der Waals surface area contributed by atoms with Crippen LogP contribution in [0.4, 0.5) is 11.4 Å². The van der Waals surface area contributed by atoms with Crippen LogP contribution in [0.3, 0.4) is 0 Å². The molecule has 0 radical (unpaired) electrons. The molecule has 0 saturated carbocycles. The molecular formula is C22H21N3O2. The summed E-state index contributed by atoms with van der Waals surface area (Å²) in [6, 6.07) is 18.2. The van der Waals surface area contributed by atoms with Gasteiger partial charge in [0.15, 0.2) is 0 Å². The van der Waals surface area contributed by atoms with E-state index in [2.05, 4.69) is 22.5 Å². The third kappa shape index (κ3) is 4.79. The largest absolute Gasteiger partial charge is 0.322 e. The average molecular weight is 359 g/mol. The van der Waals surface area contributed by atoms with Crippen molar-refractivity contribution in [2.75, 3.05) is 10.6 Å². The Bertz CT molecular complexity index is 948. The molecule has 5 nitrogen and oxygen atoms in total. The predicted octanol–water partition coefficient (Wildman–Crippen LogP) is 4.46. The topological polar surface area (TPSA) is 71.1 Å². The van der Waals surface area contributed by atoms with Crippen molar-refractivity contribution in [3.63, 3.8) is 0 Å². The zero-order valence-electron chi connectivity index (χ0n) is 15.3. The maximum atomic E-state index is 12.4. The molecule has 3 aromatic rings. The smallest absolute Gasteiger partial charge is 0.274 e. The number of rotatable bonds is 5. The number of carbonyl (C=O) groups is 2. The Labute approximate surface area is 158 Å². The van der Waals surface area contributed by atoms with Crippen LogP contribution in [-0.4, -0.2) is 16.8 Å². The third-order valence-corrected chi connectivity index (χ3v) is 4.18. The Morgan fingerprint density at radius 1 is 0.852 bits per heavy atom. The van der Waals surface area contributed by atoms with E-state index in [0.29, 0.717) is 16.9 Å². The monoisotopic (exact) mass is 359 g/mol. The van der Waals surface area contributed by atoms with Crippen LogP contribution in [-0.2, 0) is 6.42 Å². The molecule has 136 valence electrons. The maximum absolute atomic E-state index is 12.4. The molecule has 0 fully saturated rings. The number of benzene rings is 2. The standard InChI is InChI=1S/C22H21N3O2/c1-3-16-6-10-19(11-7-16)25-22(27)20-14-17(12-13-23-20)21(26)24-18-8-4-15(2)5-9-18/h4-14H,3H2,1-2H3,(H,24,26)(H,25,27). The molecule has 2 amide bonds. The molecule has 27 heavy (non-hydrogen) atoms. The van der Waals surface area contributed by atoms with Crippen LogP contribution in [0.2, 0.25) is 0 Å². The molecule has 0 saturated heterocycles. The lowest BCUT2D eigenvalue weighted by Crippen LogP contribution is -2.17. The van der Waals surface area contributed by atoms with Crippen LogP contribution in [0.5, 0.6) is 0 Å². The number of amides is 2. The van der Waals surface area contributed by atoms with Crippen molar-refractivity contribution in [1.29, 1.82) is 0 Å². The molecule has 1 heterocycles. The van der Waals surface area contributed by atoms with Gasteiger partial charge >= 0.3 is 0 Å². The molecule has 0 unspecified atom stereocenters. The van der Waals surface area contributed by atoms with Gasteiger partial charge in [-0.05, 0) is 55.3 Å². The molecule has 5 heteroatoms. The van der Waals surface area contributed by atoms with E-state index in [4.69, 9.17) is 0 Å². The van der Waals surface area contributed by atoms with Gasteiger partial charge in [0, 0.05) is 23.1 Å². The van der Waals surface area contributed by atoms with Gasteiger partial charge in [-0.3, -0.25) is 14.6 Å². The first-order valence-electron chi connectivity index (χ1n) is 8.79. The fraction of sp³-hybridized carbons (Fsp3) is 0.136. The van der Waals surface area contributed by atoms with Gasteiger partial charge in [-0.2, -0.15) is 0 Å². The zero-order chi connectivity index (χ0) is 19.2. The van der Waals surface area contributed by atoms with Crippen molar-refractivity contribution in [1.82, 2.24) is 4.98 Å². The second-order valence-corrected chi connectivity index (χ2v) is 6.25. The molecule has 1 aromatic heterocycles. The van der Waals surface area contributed by atoms with Crippen molar-refractivity contribution in [2.45, 2.75) is 20.3 Å². The van der Waals surface area contributed by atoms with Gasteiger partial charge in [0.2, 0.25) is 0 Å². The molecule has 0 aliphatic carbocycles. The maximum Gasteiger partial charge on any atom is 0.274 e. The summed E-state index contributed by atoms with van der Waals surface area (Å²) in [6.07, 6.45) is 2.40. The molecule has 0 bridgehead atoms. The normalized spacial score (nSPS) is 10.3. The van der Waals surface area contributed by atoms with Crippen LogP contribution < -0.4 is 10.6 Å². The Morgan fingerprint density at radius 2 is 1.44 bits per heavy atom. The quantitative estimate of drug-likeness (QED) is 0.707. The second-order valence-electron chi connectivity index (χ2n) is 6.25. The summed E-state index contributed by atoms with van der Waals surface area (Å²) in [7, 11) is 0. The zero-order valence-corrected chi connectivity index (χ0v) is 15.3. The lowest BCUT2D eigenvalue weighted by Gasteiger charge is -2.08. The highest BCUT2D eigenvalue weighted by molar-refractivity contribution is 6.07. The molecule has 0 aliphatic heterocycles. The minimum atomic E-state index is -0.357. The fourth-order valence-electron chi connectivity index (χ4n) is 2.56. The average Bonchev–Trinajstić information content (AvgIpc) is 2.70.